The molecule has 0 aliphatic carbocycles. The highest BCUT2D eigenvalue weighted by Crippen LogP contribution is 2.26. The molecule has 0 saturated carbocycles. The molecule has 0 unspecified atom stereocenters. The molecule has 1 aromatic carbocycles. The fraction of sp³-hybridized carbons (Fsp3) is 0.500. The number of carbonyl (C=O) groups excluding carboxylic acids is 1. The molecule has 0 amide bonds. The third-order valence-electron chi connectivity index (χ3n) is 2.84. The molecule has 17 heavy (non-hydrogen) atoms. The Bertz CT molecular complexity index is 382. The fourth-order valence-corrected chi connectivity index (χ4v) is 2.51. The number of hydrogen-bond acceptors (Lipinski definition) is 1. The van der Waals surface area contributed by atoms with Gasteiger partial charge in [0, 0.05) is 16.5 Å². The average molecular weight is 273 g/mol. The number of ketones is 1. The molecule has 0 bridgehead atoms. The average Bonchev–Trinajstić information content (AvgIpc) is 2.28. The molecule has 1 aromatic rings. The van der Waals surface area contributed by atoms with Crippen molar-refractivity contribution < 1.29 is 4.79 Å². The van der Waals surface area contributed by atoms with Crippen molar-refractivity contribution in [1.82, 2.24) is 0 Å². The van der Waals surface area contributed by atoms with Crippen LogP contribution >= 0.6 is 23.2 Å². The highest BCUT2D eigenvalue weighted by molar-refractivity contribution is 6.36. The van der Waals surface area contributed by atoms with E-state index in [-0.39, 0.29) is 11.7 Å². The highest BCUT2D eigenvalue weighted by atomic mass is 35.5. The third-order valence-corrected chi connectivity index (χ3v) is 3.39. The minimum Gasteiger partial charge on any atom is -0.294 e. The van der Waals surface area contributed by atoms with Gasteiger partial charge in [0.2, 0.25) is 0 Å². The zero-order chi connectivity index (χ0) is 12.8. The molecule has 94 valence electrons. The van der Waals surface area contributed by atoms with E-state index < -0.39 is 0 Å². The van der Waals surface area contributed by atoms with Crippen molar-refractivity contribution in [3.63, 3.8) is 0 Å². The van der Waals surface area contributed by atoms with Crippen LogP contribution in [-0.2, 0) is 0 Å². The summed E-state index contributed by atoms with van der Waals surface area (Å²) in [5.74, 6) is 0.235. The Labute approximate surface area is 113 Å². The van der Waals surface area contributed by atoms with E-state index in [0.717, 1.165) is 25.7 Å². The van der Waals surface area contributed by atoms with Crippen molar-refractivity contribution >= 4 is 29.0 Å². The smallest absolute Gasteiger partial charge is 0.167 e. The summed E-state index contributed by atoms with van der Waals surface area (Å²) in [6.07, 6.45) is 3.88. The quantitative estimate of drug-likeness (QED) is 0.635. The van der Waals surface area contributed by atoms with Crippen molar-refractivity contribution in [2.75, 3.05) is 0 Å². The lowest BCUT2D eigenvalue weighted by Crippen LogP contribution is -2.15. The highest BCUT2D eigenvalue weighted by Gasteiger charge is 2.20. The summed E-state index contributed by atoms with van der Waals surface area (Å²) in [7, 11) is 0. The number of benzene rings is 1. The van der Waals surface area contributed by atoms with Crippen molar-refractivity contribution in [1.29, 1.82) is 0 Å². The first-order chi connectivity index (χ1) is 8.10. The summed E-state index contributed by atoms with van der Waals surface area (Å²) in [5, 5.41) is 1.02. The van der Waals surface area contributed by atoms with Gasteiger partial charge in [0.1, 0.15) is 0 Å². The van der Waals surface area contributed by atoms with Crippen LogP contribution in [-0.4, -0.2) is 5.78 Å². The van der Waals surface area contributed by atoms with Crippen LogP contribution in [0.5, 0.6) is 0 Å². The lowest BCUT2D eigenvalue weighted by atomic mass is 9.90. The van der Waals surface area contributed by atoms with Crippen LogP contribution in [0.3, 0.4) is 0 Å². The van der Waals surface area contributed by atoms with Crippen molar-refractivity contribution in [2.45, 2.75) is 39.5 Å². The van der Waals surface area contributed by atoms with Crippen LogP contribution < -0.4 is 0 Å². The molecule has 0 aliphatic rings. The van der Waals surface area contributed by atoms with Gasteiger partial charge in [-0.25, -0.2) is 0 Å². The first kappa shape index (κ1) is 14.5. The molecule has 0 fully saturated rings. The topological polar surface area (TPSA) is 17.1 Å². The molecular weight excluding hydrogens is 255 g/mol. The van der Waals surface area contributed by atoms with Gasteiger partial charge in [-0.15, -0.1) is 0 Å². The van der Waals surface area contributed by atoms with E-state index in [1.807, 2.05) is 0 Å². The summed E-state index contributed by atoms with van der Waals surface area (Å²) in [5.41, 5.74) is 0.600. The van der Waals surface area contributed by atoms with Gasteiger partial charge in [-0.1, -0.05) is 49.9 Å². The van der Waals surface area contributed by atoms with Gasteiger partial charge in [0.15, 0.2) is 5.78 Å². The number of carbonyl (C=O) groups is 1. The summed E-state index contributed by atoms with van der Waals surface area (Å²) in [4.78, 5) is 12.3. The molecule has 0 N–H and O–H groups in total. The van der Waals surface area contributed by atoms with E-state index >= 15 is 0 Å². The molecule has 0 spiro atoms. The molecule has 0 atom stereocenters. The van der Waals surface area contributed by atoms with Crippen LogP contribution in [0.2, 0.25) is 10.0 Å². The Morgan fingerprint density at radius 1 is 1.18 bits per heavy atom. The summed E-state index contributed by atoms with van der Waals surface area (Å²) in [6.45, 7) is 4.19. The predicted octanol–water partition coefficient (Wildman–Crippen LogP) is 5.39. The normalized spacial score (nSPS) is 10.9. The standard InChI is InChI=1S/C14H18Cl2O/c1-3-5-10(6-4-2)14(17)12-8-7-11(15)9-13(12)16/h7-10H,3-6H2,1-2H3. The van der Waals surface area contributed by atoms with E-state index in [1.165, 1.54) is 0 Å². The minimum atomic E-state index is 0.0867. The second kappa shape index (κ2) is 7.03. The monoisotopic (exact) mass is 272 g/mol. The second-order valence-electron chi connectivity index (χ2n) is 4.26. The molecular formula is C14H18Cl2O. The fourth-order valence-electron chi connectivity index (χ4n) is 2.01. The largest absolute Gasteiger partial charge is 0.294 e. The number of Topliss-reactive ketones (excluding diaryl/α,β-unsaturated/α-hetero) is 1. The molecule has 1 nitrogen and oxygen atoms in total. The number of halogens is 2. The minimum absolute atomic E-state index is 0.0867. The van der Waals surface area contributed by atoms with Crippen LogP contribution in [0.1, 0.15) is 49.9 Å². The molecule has 0 saturated heterocycles. The molecule has 0 aromatic heterocycles. The van der Waals surface area contributed by atoms with Gasteiger partial charge in [-0.2, -0.15) is 0 Å². The van der Waals surface area contributed by atoms with E-state index in [2.05, 4.69) is 13.8 Å². The Hall–Kier alpha value is -0.530. The maximum atomic E-state index is 12.3. The number of rotatable bonds is 6. The molecule has 0 heterocycles. The van der Waals surface area contributed by atoms with E-state index in [1.54, 1.807) is 18.2 Å². The predicted molar refractivity (Wildman–Crippen MR) is 74.1 cm³/mol. The van der Waals surface area contributed by atoms with Crippen LogP contribution in [0.15, 0.2) is 18.2 Å². The molecule has 1 rings (SSSR count). The lowest BCUT2D eigenvalue weighted by molar-refractivity contribution is 0.0905. The Morgan fingerprint density at radius 2 is 1.76 bits per heavy atom. The lowest BCUT2D eigenvalue weighted by Gasteiger charge is -2.14. The molecule has 0 radical (unpaired) electrons. The van der Waals surface area contributed by atoms with Crippen LogP contribution in [0.25, 0.3) is 0 Å². The van der Waals surface area contributed by atoms with Gasteiger partial charge < -0.3 is 0 Å². The van der Waals surface area contributed by atoms with Gasteiger partial charge in [-0.3, -0.25) is 4.79 Å². The van der Waals surface area contributed by atoms with Gasteiger partial charge >= 0.3 is 0 Å². The molecule has 3 heteroatoms. The maximum Gasteiger partial charge on any atom is 0.167 e. The van der Waals surface area contributed by atoms with Crippen LogP contribution in [0, 0.1) is 5.92 Å². The van der Waals surface area contributed by atoms with Gasteiger partial charge in [-0.05, 0) is 31.0 Å². The Morgan fingerprint density at radius 3 is 2.24 bits per heavy atom. The Kier molecular flexibility index (Phi) is 6.01. The van der Waals surface area contributed by atoms with Crippen molar-refractivity contribution in [3.8, 4) is 0 Å². The zero-order valence-corrected chi connectivity index (χ0v) is 11.8. The maximum absolute atomic E-state index is 12.3. The number of hydrogen-bond donors (Lipinski definition) is 0. The first-order valence-corrected chi connectivity index (χ1v) is 6.85. The first-order valence-electron chi connectivity index (χ1n) is 6.09. The van der Waals surface area contributed by atoms with Crippen LogP contribution in [0.4, 0.5) is 0 Å². The van der Waals surface area contributed by atoms with Crippen molar-refractivity contribution in [3.05, 3.63) is 33.8 Å². The van der Waals surface area contributed by atoms with Crippen molar-refractivity contribution in [2.24, 2.45) is 5.92 Å². The summed E-state index contributed by atoms with van der Waals surface area (Å²) in [6, 6.07) is 5.08. The summed E-state index contributed by atoms with van der Waals surface area (Å²) >= 11 is 11.9. The third kappa shape index (κ3) is 4.01. The Balaban J connectivity index is 2.92. The van der Waals surface area contributed by atoms with Gasteiger partial charge in [0.25, 0.3) is 0 Å². The van der Waals surface area contributed by atoms with Gasteiger partial charge in [0.05, 0.1) is 5.02 Å². The zero-order valence-electron chi connectivity index (χ0n) is 10.3. The summed E-state index contributed by atoms with van der Waals surface area (Å²) < 4.78 is 0. The van der Waals surface area contributed by atoms with E-state index in [9.17, 15) is 4.79 Å². The molecule has 0 aliphatic heterocycles. The van der Waals surface area contributed by atoms with E-state index in [0.29, 0.717) is 15.6 Å². The van der Waals surface area contributed by atoms with E-state index in [4.69, 9.17) is 23.2 Å². The SMILES string of the molecule is CCCC(CCC)C(=O)c1ccc(Cl)cc1Cl. The second-order valence-corrected chi connectivity index (χ2v) is 5.11.